The summed E-state index contributed by atoms with van der Waals surface area (Å²) in [4.78, 5) is 0. The molecule has 0 bridgehead atoms. The second-order valence-electron chi connectivity index (χ2n) is 6.22. The van der Waals surface area contributed by atoms with Crippen LogP contribution in [0.2, 0.25) is 0 Å². The fourth-order valence-corrected chi connectivity index (χ4v) is 3.60. The first-order chi connectivity index (χ1) is 9.78. The van der Waals surface area contributed by atoms with Crippen molar-refractivity contribution in [3.63, 3.8) is 0 Å². The molecule has 0 amide bonds. The Morgan fingerprint density at radius 3 is 2.70 bits per heavy atom. The van der Waals surface area contributed by atoms with Gasteiger partial charge in [-0.25, -0.2) is 0 Å². The van der Waals surface area contributed by atoms with Gasteiger partial charge in [0.1, 0.15) is 0 Å². The van der Waals surface area contributed by atoms with Crippen LogP contribution in [0.4, 0.5) is 0 Å². The lowest BCUT2D eigenvalue weighted by Crippen LogP contribution is -2.26. The number of nitrogens with one attached hydrogen (secondary N) is 1. The normalized spacial score (nSPS) is 22.8. The first-order valence-corrected chi connectivity index (χ1v) is 8.53. The van der Waals surface area contributed by atoms with E-state index < -0.39 is 0 Å². The molecule has 1 N–H and O–H groups in total. The number of nitrogens with zero attached hydrogens (tertiary/aromatic N) is 2. The first kappa shape index (κ1) is 15.6. The lowest BCUT2D eigenvalue weighted by molar-refractivity contribution is 0.361. The molecule has 1 fully saturated rings. The number of hydrogen-bond acceptors (Lipinski definition) is 2. The van der Waals surface area contributed by atoms with Crippen LogP contribution in [0.5, 0.6) is 0 Å². The average molecular weight is 277 g/mol. The van der Waals surface area contributed by atoms with E-state index in [2.05, 4.69) is 43.0 Å². The van der Waals surface area contributed by atoms with Gasteiger partial charge < -0.3 is 5.32 Å². The minimum atomic E-state index is 0.574. The summed E-state index contributed by atoms with van der Waals surface area (Å²) in [6.45, 7) is 8.97. The molecule has 0 aromatic carbocycles. The Bertz CT molecular complexity index is 381. The van der Waals surface area contributed by atoms with Gasteiger partial charge in [0.15, 0.2) is 0 Å². The van der Waals surface area contributed by atoms with E-state index >= 15 is 0 Å². The largest absolute Gasteiger partial charge is 0.317 e. The Morgan fingerprint density at radius 1 is 1.25 bits per heavy atom. The van der Waals surface area contributed by atoms with Crippen LogP contribution >= 0.6 is 0 Å². The Labute approximate surface area is 124 Å². The highest BCUT2D eigenvalue weighted by molar-refractivity contribution is 5.02. The molecule has 20 heavy (non-hydrogen) atoms. The lowest BCUT2D eigenvalue weighted by Gasteiger charge is -2.19. The number of aromatic nitrogens is 2. The van der Waals surface area contributed by atoms with Crippen molar-refractivity contribution in [3.8, 4) is 0 Å². The summed E-state index contributed by atoms with van der Waals surface area (Å²) in [5.41, 5.74) is 1.30. The molecule has 2 unspecified atom stereocenters. The van der Waals surface area contributed by atoms with Crippen LogP contribution in [0, 0.1) is 11.8 Å². The van der Waals surface area contributed by atoms with Gasteiger partial charge in [-0.2, -0.15) is 5.10 Å². The van der Waals surface area contributed by atoms with Crippen molar-refractivity contribution in [2.24, 2.45) is 11.8 Å². The molecule has 2 atom stereocenters. The second-order valence-corrected chi connectivity index (χ2v) is 6.22. The van der Waals surface area contributed by atoms with Crippen LogP contribution in [0.1, 0.15) is 64.6 Å². The SMILES string of the molecule is CCNCC1CCCC1Cc1ccn(C(CC)CC)n1. The monoisotopic (exact) mass is 277 g/mol. The number of rotatable bonds is 8. The van der Waals surface area contributed by atoms with E-state index in [0.717, 1.165) is 18.4 Å². The summed E-state index contributed by atoms with van der Waals surface area (Å²) < 4.78 is 2.18. The fourth-order valence-electron chi connectivity index (χ4n) is 3.60. The molecule has 0 spiro atoms. The molecule has 2 rings (SSSR count). The zero-order valence-corrected chi connectivity index (χ0v) is 13.4. The summed E-state index contributed by atoms with van der Waals surface area (Å²) in [6, 6.07) is 2.81. The van der Waals surface area contributed by atoms with Gasteiger partial charge >= 0.3 is 0 Å². The highest BCUT2D eigenvalue weighted by atomic mass is 15.3. The third kappa shape index (κ3) is 3.85. The predicted octanol–water partition coefficient (Wildman–Crippen LogP) is 3.81. The minimum Gasteiger partial charge on any atom is -0.317 e. The smallest absolute Gasteiger partial charge is 0.0627 e. The molecular weight excluding hydrogens is 246 g/mol. The topological polar surface area (TPSA) is 29.9 Å². The lowest BCUT2D eigenvalue weighted by atomic mass is 9.91. The first-order valence-electron chi connectivity index (χ1n) is 8.53. The molecule has 114 valence electrons. The summed E-state index contributed by atoms with van der Waals surface area (Å²) >= 11 is 0. The molecular formula is C17H31N3. The van der Waals surface area contributed by atoms with Gasteiger partial charge in [0.2, 0.25) is 0 Å². The zero-order chi connectivity index (χ0) is 14.4. The third-order valence-electron chi connectivity index (χ3n) is 4.92. The molecule has 1 aliphatic rings. The summed E-state index contributed by atoms with van der Waals surface area (Å²) in [7, 11) is 0. The van der Waals surface area contributed by atoms with E-state index in [1.54, 1.807) is 0 Å². The zero-order valence-electron chi connectivity index (χ0n) is 13.4. The summed E-state index contributed by atoms with van der Waals surface area (Å²) in [5.74, 6) is 1.69. The molecule has 0 aliphatic heterocycles. The van der Waals surface area contributed by atoms with Crippen molar-refractivity contribution in [1.82, 2.24) is 15.1 Å². The van der Waals surface area contributed by atoms with Gasteiger partial charge in [0, 0.05) is 6.20 Å². The molecule has 3 heteroatoms. The van der Waals surface area contributed by atoms with Gasteiger partial charge in [0.25, 0.3) is 0 Å². The molecule has 0 saturated heterocycles. The molecule has 1 aromatic heterocycles. The highest BCUT2D eigenvalue weighted by Crippen LogP contribution is 2.33. The summed E-state index contributed by atoms with van der Waals surface area (Å²) in [5, 5.41) is 8.35. The minimum absolute atomic E-state index is 0.574. The Balaban J connectivity index is 1.92. The number of hydrogen-bond donors (Lipinski definition) is 1. The van der Waals surface area contributed by atoms with Gasteiger partial charge in [-0.3, -0.25) is 4.68 Å². The van der Waals surface area contributed by atoms with E-state index in [1.807, 2.05) is 0 Å². The van der Waals surface area contributed by atoms with Crippen molar-refractivity contribution in [2.75, 3.05) is 13.1 Å². The highest BCUT2D eigenvalue weighted by Gasteiger charge is 2.27. The van der Waals surface area contributed by atoms with Gasteiger partial charge in [-0.1, -0.05) is 27.2 Å². The van der Waals surface area contributed by atoms with Crippen molar-refractivity contribution in [2.45, 2.75) is 65.3 Å². The maximum absolute atomic E-state index is 4.83. The molecule has 1 aliphatic carbocycles. The van der Waals surface area contributed by atoms with Crippen LogP contribution in [0.3, 0.4) is 0 Å². The standard InChI is InChI=1S/C17H31N3/c1-4-17(5-2)20-11-10-16(19-20)12-14-8-7-9-15(14)13-18-6-3/h10-11,14-15,17-18H,4-9,12-13H2,1-3H3. The Hall–Kier alpha value is -0.830. The molecule has 1 heterocycles. The van der Waals surface area contributed by atoms with E-state index in [9.17, 15) is 0 Å². The molecule has 3 nitrogen and oxygen atoms in total. The van der Waals surface area contributed by atoms with E-state index in [-0.39, 0.29) is 0 Å². The maximum atomic E-state index is 4.83. The molecule has 1 saturated carbocycles. The quantitative estimate of drug-likeness (QED) is 0.783. The van der Waals surface area contributed by atoms with Crippen molar-refractivity contribution in [3.05, 3.63) is 18.0 Å². The maximum Gasteiger partial charge on any atom is 0.0627 e. The second kappa shape index (κ2) is 7.82. The van der Waals surface area contributed by atoms with Gasteiger partial charge in [-0.05, 0) is 63.1 Å². The van der Waals surface area contributed by atoms with Crippen molar-refractivity contribution in [1.29, 1.82) is 0 Å². The van der Waals surface area contributed by atoms with Crippen molar-refractivity contribution >= 4 is 0 Å². The van der Waals surface area contributed by atoms with Crippen LogP contribution in [0.25, 0.3) is 0 Å². The van der Waals surface area contributed by atoms with E-state index in [0.29, 0.717) is 6.04 Å². The van der Waals surface area contributed by atoms with Gasteiger partial charge in [0.05, 0.1) is 11.7 Å². The third-order valence-corrected chi connectivity index (χ3v) is 4.92. The summed E-state index contributed by atoms with van der Waals surface area (Å²) in [6.07, 6.45) is 9.87. The average Bonchev–Trinajstić information content (AvgIpc) is 3.08. The predicted molar refractivity (Wildman–Crippen MR) is 84.9 cm³/mol. The van der Waals surface area contributed by atoms with Crippen molar-refractivity contribution < 1.29 is 0 Å². The van der Waals surface area contributed by atoms with Crippen LogP contribution in [-0.4, -0.2) is 22.9 Å². The van der Waals surface area contributed by atoms with E-state index in [1.165, 1.54) is 50.8 Å². The Kier molecular flexibility index (Phi) is 6.08. The van der Waals surface area contributed by atoms with Crippen LogP contribution < -0.4 is 5.32 Å². The van der Waals surface area contributed by atoms with E-state index in [4.69, 9.17) is 5.10 Å². The van der Waals surface area contributed by atoms with Crippen LogP contribution in [0.15, 0.2) is 12.3 Å². The molecule has 0 radical (unpaired) electrons. The fraction of sp³-hybridized carbons (Fsp3) is 0.824. The molecule has 1 aromatic rings. The Morgan fingerprint density at radius 2 is 2.00 bits per heavy atom. The van der Waals surface area contributed by atoms with Crippen LogP contribution in [-0.2, 0) is 6.42 Å². The van der Waals surface area contributed by atoms with Gasteiger partial charge in [-0.15, -0.1) is 0 Å².